The number of halogens is 2. The van der Waals surface area contributed by atoms with Gasteiger partial charge in [0.05, 0.1) is 10.0 Å². The Kier molecular flexibility index (Phi) is 5.91. The van der Waals surface area contributed by atoms with Crippen molar-refractivity contribution < 1.29 is 9.53 Å². The standard InChI is InChI=1S/C18H19Cl2NO2/c1-11(2)13-7-4-6-12(3)17(13)21-16(22)10-23-18-14(19)8-5-9-15(18)20/h4-9,11H,10H2,1-3H3,(H,21,22). The van der Waals surface area contributed by atoms with Crippen LogP contribution in [0.5, 0.6) is 5.75 Å². The lowest BCUT2D eigenvalue weighted by atomic mass is 9.98. The Bertz CT molecular complexity index is 694. The molecule has 1 amide bonds. The Labute approximate surface area is 146 Å². The number of amides is 1. The van der Waals surface area contributed by atoms with E-state index in [4.69, 9.17) is 27.9 Å². The Morgan fingerprint density at radius 2 is 1.74 bits per heavy atom. The number of anilines is 1. The summed E-state index contributed by atoms with van der Waals surface area (Å²) in [6, 6.07) is 11.0. The van der Waals surface area contributed by atoms with Crippen molar-refractivity contribution in [3.8, 4) is 5.75 Å². The van der Waals surface area contributed by atoms with E-state index in [1.807, 2.05) is 25.1 Å². The molecule has 0 bridgehead atoms. The molecular weight excluding hydrogens is 333 g/mol. The van der Waals surface area contributed by atoms with Crippen LogP contribution in [0, 0.1) is 6.92 Å². The van der Waals surface area contributed by atoms with Crippen LogP contribution in [0.3, 0.4) is 0 Å². The van der Waals surface area contributed by atoms with Gasteiger partial charge in [0, 0.05) is 5.69 Å². The van der Waals surface area contributed by atoms with Gasteiger partial charge in [-0.05, 0) is 36.1 Å². The van der Waals surface area contributed by atoms with Crippen LogP contribution in [0.25, 0.3) is 0 Å². The summed E-state index contributed by atoms with van der Waals surface area (Å²) in [6.07, 6.45) is 0. The molecule has 0 aliphatic heterocycles. The summed E-state index contributed by atoms with van der Waals surface area (Å²) in [7, 11) is 0. The maximum Gasteiger partial charge on any atom is 0.262 e. The van der Waals surface area contributed by atoms with E-state index in [2.05, 4.69) is 19.2 Å². The monoisotopic (exact) mass is 351 g/mol. The smallest absolute Gasteiger partial charge is 0.262 e. The topological polar surface area (TPSA) is 38.3 Å². The lowest BCUT2D eigenvalue weighted by Gasteiger charge is -2.17. The van der Waals surface area contributed by atoms with E-state index in [1.165, 1.54) is 0 Å². The van der Waals surface area contributed by atoms with Gasteiger partial charge in [0.15, 0.2) is 12.4 Å². The summed E-state index contributed by atoms with van der Waals surface area (Å²) in [5, 5.41) is 3.68. The largest absolute Gasteiger partial charge is 0.481 e. The molecule has 0 aliphatic rings. The highest BCUT2D eigenvalue weighted by Crippen LogP contribution is 2.32. The Morgan fingerprint density at radius 1 is 1.13 bits per heavy atom. The second-order valence-electron chi connectivity index (χ2n) is 5.58. The minimum absolute atomic E-state index is 0.157. The Morgan fingerprint density at radius 3 is 2.35 bits per heavy atom. The van der Waals surface area contributed by atoms with Gasteiger partial charge < -0.3 is 10.1 Å². The van der Waals surface area contributed by atoms with Crippen molar-refractivity contribution in [2.45, 2.75) is 26.7 Å². The predicted molar refractivity (Wildman–Crippen MR) is 95.9 cm³/mol. The van der Waals surface area contributed by atoms with E-state index >= 15 is 0 Å². The molecule has 0 spiro atoms. The van der Waals surface area contributed by atoms with Gasteiger partial charge in [-0.25, -0.2) is 0 Å². The number of hydrogen-bond donors (Lipinski definition) is 1. The molecule has 5 heteroatoms. The first-order chi connectivity index (χ1) is 10.9. The van der Waals surface area contributed by atoms with E-state index in [1.54, 1.807) is 18.2 Å². The number of carbonyl (C=O) groups excluding carboxylic acids is 1. The zero-order chi connectivity index (χ0) is 17.0. The number of carbonyl (C=O) groups is 1. The lowest BCUT2D eigenvalue weighted by Crippen LogP contribution is -2.22. The number of rotatable bonds is 5. The van der Waals surface area contributed by atoms with Gasteiger partial charge in [-0.1, -0.05) is 61.3 Å². The Hall–Kier alpha value is -1.71. The van der Waals surface area contributed by atoms with Crippen LogP contribution in [0.1, 0.15) is 30.9 Å². The first kappa shape index (κ1) is 17.6. The van der Waals surface area contributed by atoms with Gasteiger partial charge in [0.2, 0.25) is 0 Å². The highest BCUT2D eigenvalue weighted by Gasteiger charge is 2.14. The molecule has 0 radical (unpaired) electrons. The summed E-state index contributed by atoms with van der Waals surface area (Å²) in [5.74, 6) is 0.376. The van der Waals surface area contributed by atoms with Gasteiger partial charge >= 0.3 is 0 Å². The van der Waals surface area contributed by atoms with Crippen molar-refractivity contribution in [3.63, 3.8) is 0 Å². The van der Waals surface area contributed by atoms with Crippen molar-refractivity contribution in [1.82, 2.24) is 0 Å². The SMILES string of the molecule is Cc1cccc(C(C)C)c1NC(=O)COc1c(Cl)cccc1Cl. The number of benzene rings is 2. The molecule has 2 aromatic carbocycles. The van der Waals surface area contributed by atoms with E-state index in [9.17, 15) is 4.79 Å². The lowest BCUT2D eigenvalue weighted by molar-refractivity contribution is -0.118. The molecular formula is C18H19Cl2NO2. The highest BCUT2D eigenvalue weighted by atomic mass is 35.5. The highest BCUT2D eigenvalue weighted by molar-refractivity contribution is 6.37. The number of nitrogens with one attached hydrogen (secondary N) is 1. The molecule has 1 N–H and O–H groups in total. The van der Waals surface area contributed by atoms with Gasteiger partial charge in [-0.3, -0.25) is 4.79 Å². The van der Waals surface area contributed by atoms with Gasteiger partial charge in [-0.2, -0.15) is 0 Å². The Balaban J connectivity index is 2.09. The molecule has 0 fully saturated rings. The van der Waals surface area contributed by atoms with Crippen LogP contribution in [-0.4, -0.2) is 12.5 Å². The maximum atomic E-state index is 12.2. The first-order valence-corrected chi connectivity index (χ1v) is 8.12. The number of para-hydroxylation sites is 2. The molecule has 0 heterocycles. The molecule has 0 aromatic heterocycles. The number of hydrogen-bond acceptors (Lipinski definition) is 2. The summed E-state index contributed by atoms with van der Waals surface area (Å²) < 4.78 is 5.47. The fourth-order valence-corrected chi connectivity index (χ4v) is 2.78. The van der Waals surface area contributed by atoms with Crippen molar-refractivity contribution in [3.05, 3.63) is 57.6 Å². The fourth-order valence-electron chi connectivity index (χ4n) is 2.28. The van der Waals surface area contributed by atoms with Crippen LogP contribution < -0.4 is 10.1 Å². The van der Waals surface area contributed by atoms with Gasteiger partial charge in [-0.15, -0.1) is 0 Å². The fraction of sp³-hybridized carbons (Fsp3) is 0.278. The molecule has 23 heavy (non-hydrogen) atoms. The molecule has 0 aliphatic carbocycles. The first-order valence-electron chi connectivity index (χ1n) is 7.36. The zero-order valence-corrected chi connectivity index (χ0v) is 14.8. The molecule has 0 saturated carbocycles. The molecule has 0 saturated heterocycles. The quantitative estimate of drug-likeness (QED) is 0.778. The van der Waals surface area contributed by atoms with Gasteiger partial charge in [0.25, 0.3) is 5.91 Å². The third kappa shape index (κ3) is 4.40. The summed E-state index contributed by atoms with van der Waals surface area (Å²) in [4.78, 5) is 12.2. The summed E-state index contributed by atoms with van der Waals surface area (Å²) >= 11 is 12.0. The summed E-state index contributed by atoms with van der Waals surface area (Å²) in [6.45, 7) is 5.98. The second kappa shape index (κ2) is 7.71. The van der Waals surface area contributed by atoms with Crippen LogP contribution >= 0.6 is 23.2 Å². The van der Waals surface area contributed by atoms with Crippen LogP contribution in [0.2, 0.25) is 10.0 Å². The van der Waals surface area contributed by atoms with Crippen LogP contribution in [0.15, 0.2) is 36.4 Å². The zero-order valence-electron chi connectivity index (χ0n) is 13.3. The van der Waals surface area contributed by atoms with E-state index < -0.39 is 0 Å². The number of aryl methyl sites for hydroxylation is 1. The van der Waals surface area contributed by atoms with E-state index in [0.29, 0.717) is 21.7 Å². The molecule has 2 rings (SSSR count). The third-order valence-electron chi connectivity index (χ3n) is 3.46. The molecule has 3 nitrogen and oxygen atoms in total. The normalized spacial score (nSPS) is 10.7. The van der Waals surface area contributed by atoms with Crippen molar-refractivity contribution in [2.24, 2.45) is 0 Å². The molecule has 0 unspecified atom stereocenters. The van der Waals surface area contributed by atoms with Gasteiger partial charge in [0.1, 0.15) is 0 Å². The molecule has 0 atom stereocenters. The number of ether oxygens (including phenoxy) is 1. The second-order valence-corrected chi connectivity index (χ2v) is 6.40. The van der Waals surface area contributed by atoms with Crippen molar-refractivity contribution >= 4 is 34.8 Å². The summed E-state index contributed by atoms with van der Waals surface area (Å²) in [5.41, 5.74) is 2.94. The van der Waals surface area contributed by atoms with Crippen LogP contribution in [-0.2, 0) is 4.79 Å². The van der Waals surface area contributed by atoms with E-state index in [0.717, 1.165) is 16.8 Å². The minimum atomic E-state index is -0.253. The van der Waals surface area contributed by atoms with Crippen molar-refractivity contribution in [1.29, 1.82) is 0 Å². The molecule has 2 aromatic rings. The third-order valence-corrected chi connectivity index (χ3v) is 4.05. The molecule has 122 valence electrons. The van der Waals surface area contributed by atoms with E-state index in [-0.39, 0.29) is 12.5 Å². The average molecular weight is 352 g/mol. The minimum Gasteiger partial charge on any atom is -0.481 e. The van der Waals surface area contributed by atoms with Crippen LogP contribution in [0.4, 0.5) is 5.69 Å². The predicted octanol–water partition coefficient (Wildman–Crippen LogP) is 5.44. The maximum absolute atomic E-state index is 12.2. The van der Waals surface area contributed by atoms with Crippen molar-refractivity contribution in [2.75, 3.05) is 11.9 Å². The average Bonchev–Trinajstić information content (AvgIpc) is 2.48.